The molecule has 0 fully saturated rings. The molecule has 2 heterocycles. The highest BCUT2D eigenvalue weighted by Crippen LogP contribution is 2.28. The highest BCUT2D eigenvalue weighted by Gasteiger charge is 2.12. The highest BCUT2D eigenvalue weighted by atomic mass is 32.1. The molecular formula is C12H16N2S. The van der Waals surface area contributed by atoms with E-state index in [1.165, 1.54) is 11.3 Å². The van der Waals surface area contributed by atoms with Crippen LogP contribution in [0.15, 0.2) is 11.6 Å². The predicted octanol–water partition coefficient (Wildman–Crippen LogP) is 3.94. The first kappa shape index (κ1) is 10.6. The molecule has 0 N–H and O–H groups in total. The van der Waals surface area contributed by atoms with Crippen molar-refractivity contribution in [3.63, 3.8) is 0 Å². The smallest absolute Gasteiger partial charge is 0.143 e. The topological polar surface area (TPSA) is 25.8 Å². The van der Waals surface area contributed by atoms with Gasteiger partial charge in [-0.2, -0.15) is 0 Å². The van der Waals surface area contributed by atoms with E-state index < -0.39 is 0 Å². The van der Waals surface area contributed by atoms with Crippen LogP contribution >= 0.6 is 11.3 Å². The van der Waals surface area contributed by atoms with Gasteiger partial charge < -0.3 is 0 Å². The molecule has 0 amide bonds. The lowest BCUT2D eigenvalue weighted by atomic mass is 9.99. The van der Waals surface area contributed by atoms with Gasteiger partial charge in [-0.15, -0.1) is 11.3 Å². The standard InChI is InChI=1S/C12H16N2S/c1-7(2)9-5-10(8(3)4)14-12-11(9)13-6-15-12/h5-8H,1-4H3. The Balaban J connectivity index is 2.69. The maximum Gasteiger partial charge on any atom is 0.143 e. The summed E-state index contributed by atoms with van der Waals surface area (Å²) in [6.45, 7) is 8.77. The van der Waals surface area contributed by atoms with E-state index in [0.717, 1.165) is 10.3 Å². The molecule has 2 nitrogen and oxygen atoms in total. The van der Waals surface area contributed by atoms with Crippen LogP contribution in [0.2, 0.25) is 0 Å². The molecule has 0 aliphatic heterocycles. The quantitative estimate of drug-likeness (QED) is 0.766. The van der Waals surface area contributed by atoms with Crippen LogP contribution < -0.4 is 0 Å². The second kappa shape index (κ2) is 3.89. The molecule has 2 aromatic rings. The minimum Gasteiger partial charge on any atom is -0.243 e. The van der Waals surface area contributed by atoms with Gasteiger partial charge in [-0.1, -0.05) is 27.7 Å². The predicted molar refractivity (Wildman–Crippen MR) is 65.6 cm³/mol. The van der Waals surface area contributed by atoms with Gasteiger partial charge >= 0.3 is 0 Å². The van der Waals surface area contributed by atoms with E-state index in [0.29, 0.717) is 11.8 Å². The fraction of sp³-hybridized carbons (Fsp3) is 0.500. The van der Waals surface area contributed by atoms with Crippen LogP contribution in [0.3, 0.4) is 0 Å². The summed E-state index contributed by atoms with van der Waals surface area (Å²) in [7, 11) is 0. The number of pyridine rings is 1. The molecule has 0 aliphatic rings. The molecule has 2 rings (SSSR count). The third-order valence-corrected chi connectivity index (χ3v) is 3.29. The number of rotatable bonds is 2. The van der Waals surface area contributed by atoms with Crippen LogP contribution in [0.1, 0.15) is 50.8 Å². The summed E-state index contributed by atoms with van der Waals surface area (Å²) >= 11 is 1.63. The minimum absolute atomic E-state index is 0.481. The van der Waals surface area contributed by atoms with Crippen LogP contribution in [0.25, 0.3) is 10.3 Å². The Morgan fingerprint density at radius 3 is 2.47 bits per heavy atom. The van der Waals surface area contributed by atoms with E-state index in [9.17, 15) is 0 Å². The lowest BCUT2D eigenvalue weighted by Crippen LogP contribution is -1.97. The van der Waals surface area contributed by atoms with Crippen molar-refractivity contribution >= 4 is 21.7 Å². The highest BCUT2D eigenvalue weighted by molar-refractivity contribution is 7.16. The summed E-state index contributed by atoms with van der Waals surface area (Å²) in [5.41, 5.74) is 5.47. The van der Waals surface area contributed by atoms with Crippen LogP contribution in [0.5, 0.6) is 0 Å². The van der Waals surface area contributed by atoms with Gasteiger partial charge in [-0.05, 0) is 23.5 Å². The first-order chi connectivity index (χ1) is 7.09. The minimum atomic E-state index is 0.481. The molecule has 0 bridgehead atoms. The lowest BCUT2D eigenvalue weighted by Gasteiger charge is -2.10. The second-order valence-corrected chi connectivity index (χ2v) is 5.29. The van der Waals surface area contributed by atoms with Crippen LogP contribution in [0, 0.1) is 0 Å². The Labute approximate surface area is 94.4 Å². The molecular weight excluding hydrogens is 204 g/mol. The Morgan fingerprint density at radius 1 is 1.13 bits per heavy atom. The summed E-state index contributed by atoms with van der Waals surface area (Å²) in [4.78, 5) is 10.1. The van der Waals surface area contributed by atoms with Crippen LogP contribution in [0.4, 0.5) is 0 Å². The van der Waals surface area contributed by atoms with E-state index in [-0.39, 0.29) is 0 Å². The summed E-state index contributed by atoms with van der Waals surface area (Å²) in [6.07, 6.45) is 0. The molecule has 0 aliphatic carbocycles. The van der Waals surface area contributed by atoms with E-state index in [2.05, 4.69) is 43.7 Å². The zero-order valence-corrected chi connectivity index (χ0v) is 10.4. The monoisotopic (exact) mass is 220 g/mol. The van der Waals surface area contributed by atoms with Crippen molar-refractivity contribution in [3.05, 3.63) is 22.8 Å². The van der Waals surface area contributed by atoms with Crippen LogP contribution in [-0.4, -0.2) is 9.97 Å². The van der Waals surface area contributed by atoms with Crippen molar-refractivity contribution < 1.29 is 0 Å². The zero-order valence-electron chi connectivity index (χ0n) is 9.61. The maximum absolute atomic E-state index is 4.63. The molecule has 3 heteroatoms. The van der Waals surface area contributed by atoms with Gasteiger partial charge in [0.05, 0.1) is 5.51 Å². The van der Waals surface area contributed by atoms with Gasteiger partial charge in [-0.25, -0.2) is 9.97 Å². The fourth-order valence-electron chi connectivity index (χ4n) is 1.63. The van der Waals surface area contributed by atoms with Crippen molar-refractivity contribution in [1.82, 2.24) is 9.97 Å². The third kappa shape index (κ3) is 1.88. The Morgan fingerprint density at radius 2 is 1.87 bits per heavy atom. The van der Waals surface area contributed by atoms with Crippen molar-refractivity contribution in [1.29, 1.82) is 0 Å². The van der Waals surface area contributed by atoms with Crippen LogP contribution in [-0.2, 0) is 0 Å². The van der Waals surface area contributed by atoms with Gasteiger partial charge in [0.25, 0.3) is 0 Å². The number of aromatic nitrogens is 2. The van der Waals surface area contributed by atoms with Gasteiger partial charge in [0.1, 0.15) is 10.3 Å². The largest absolute Gasteiger partial charge is 0.243 e. The van der Waals surface area contributed by atoms with Crippen molar-refractivity contribution in [3.8, 4) is 0 Å². The fourth-order valence-corrected chi connectivity index (χ4v) is 2.33. The van der Waals surface area contributed by atoms with Crippen molar-refractivity contribution in [2.24, 2.45) is 0 Å². The molecule has 0 saturated carbocycles. The molecule has 80 valence electrons. The Kier molecular flexibility index (Phi) is 2.74. The average Bonchev–Trinajstić information content (AvgIpc) is 2.62. The molecule has 0 atom stereocenters. The molecule has 0 radical (unpaired) electrons. The molecule has 2 aromatic heterocycles. The van der Waals surface area contributed by atoms with Gasteiger partial charge in [-0.3, -0.25) is 0 Å². The summed E-state index contributed by atoms with van der Waals surface area (Å²) < 4.78 is 0. The number of nitrogens with zero attached hydrogens (tertiary/aromatic N) is 2. The zero-order chi connectivity index (χ0) is 11.0. The van der Waals surface area contributed by atoms with E-state index in [1.807, 2.05) is 5.51 Å². The third-order valence-electron chi connectivity index (χ3n) is 2.57. The first-order valence-corrected chi connectivity index (χ1v) is 6.21. The number of hydrogen-bond acceptors (Lipinski definition) is 3. The van der Waals surface area contributed by atoms with Crippen molar-refractivity contribution in [2.75, 3.05) is 0 Å². The molecule has 0 aromatic carbocycles. The van der Waals surface area contributed by atoms with E-state index in [4.69, 9.17) is 0 Å². The summed E-state index contributed by atoms with van der Waals surface area (Å²) in [6, 6.07) is 2.21. The normalized spacial score (nSPS) is 11.9. The molecule has 0 unspecified atom stereocenters. The number of fused-ring (bicyclic) bond motifs is 1. The SMILES string of the molecule is CC(C)c1cc(C(C)C)c2ncsc2n1. The summed E-state index contributed by atoms with van der Waals surface area (Å²) in [5, 5.41) is 0. The second-order valence-electron chi connectivity index (χ2n) is 4.45. The van der Waals surface area contributed by atoms with E-state index in [1.54, 1.807) is 11.3 Å². The maximum atomic E-state index is 4.63. The lowest BCUT2D eigenvalue weighted by molar-refractivity contribution is 0.811. The molecule has 15 heavy (non-hydrogen) atoms. The average molecular weight is 220 g/mol. The Hall–Kier alpha value is -0.960. The van der Waals surface area contributed by atoms with Crippen molar-refractivity contribution in [2.45, 2.75) is 39.5 Å². The number of thiazole rings is 1. The number of hydrogen-bond donors (Lipinski definition) is 0. The van der Waals surface area contributed by atoms with Gasteiger partial charge in [0.2, 0.25) is 0 Å². The summed E-state index contributed by atoms with van der Waals surface area (Å²) in [5.74, 6) is 0.990. The molecule has 0 spiro atoms. The molecule has 0 saturated heterocycles. The van der Waals surface area contributed by atoms with E-state index >= 15 is 0 Å². The van der Waals surface area contributed by atoms with Gasteiger partial charge in [0.15, 0.2) is 0 Å². The van der Waals surface area contributed by atoms with Gasteiger partial charge in [0, 0.05) is 5.69 Å². The first-order valence-electron chi connectivity index (χ1n) is 5.33. The Bertz CT molecular complexity index is 471.